The number of rotatable bonds is 2. The number of pyridine rings is 1. The van der Waals surface area contributed by atoms with Gasteiger partial charge < -0.3 is 4.74 Å². The fourth-order valence-electron chi connectivity index (χ4n) is 3.39. The van der Waals surface area contributed by atoms with Crippen LogP contribution in [0.4, 0.5) is 0 Å². The molecule has 1 aromatic carbocycles. The third-order valence-corrected chi connectivity index (χ3v) is 4.65. The fourth-order valence-corrected chi connectivity index (χ4v) is 3.70. The SMILES string of the molecule is CCc1c(OC)cc(Cl)c2c1CC=C1N=c3ccncc3=C12. The van der Waals surface area contributed by atoms with Crippen molar-refractivity contribution in [2.24, 2.45) is 4.99 Å². The van der Waals surface area contributed by atoms with Crippen molar-refractivity contribution in [2.75, 3.05) is 7.11 Å². The lowest BCUT2D eigenvalue weighted by molar-refractivity contribution is 0.409. The fraction of sp³-hybridized carbons (Fsp3) is 0.222. The smallest absolute Gasteiger partial charge is 0.123 e. The van der Waals surface area contributed by atoms with Crippen LogP contribution in [0, 0.1) is 0 Å². The maximum absolute atomic E-state index is 6.60. The Kier molecular flexibility index (Phi) is 3.05. The van der Waals surface area contributed by atoms with Crippen molar-refractivity contribution in [2.45, 2.75) is 19.8 Å². The summed E-state index contributed by atoms with van der Waals surface area (Å²) >= 11 is 6.60. The number of allylic oxidation sites excluding steroid dienone is 2. The van der Waals surface area contributed by atoms with E-state index in [0.717, 1.165) is 51.0 Å². The van der Waals surface area contributed by atoms with Gasteiger partial charge in [-0.1, -0.05) is 24.6 Å². The Morgan fingerprint density at radius 1 is 1.36 bits per heavy atom. The van der Waals surface area contributed by atoms with Crippen molar-refractivity contribution < 1.29 is 4.74 Å². The molecule has 110 valence electrons. The Morgan fingerprint density at radius 3 is 3.00 bits per heavy atom. The van der Waals surface area contributed by atoms with Crippen LogP contribution in [-0.2, 0) is 12.8 Å². The van der Waals surface area contributed by atoms with E-state index < -0.39 is 0 Å². The van der Waals surface area contributed by atoms with Crippen molar-refractivity contribution in [3.63, 3.8) is 0 Å². The molecule has 1 aliphatic carbocycles. The molecule has 0 fully saturated rings. The van der Waals surface area contributed by atoms with Crippen LogP contribution in [0.15, 0.2) is 41.3 Å². The van der Waals surface area contributed by atoms with Crippen LogP contribution in [0.3, 0.4) is 0 Å². The highest BCUT2D eigenvalue weighted by Gasteiger charge is 2.27. The molecule has 2 aliphatic rings. The monoisotopic (exact) mass is 310 g/mol. The molecular formula is C18H15ClN2O. The van der Waals surface area contributed by atoms with E-state index in [0.29, 0.717) is 0 Å². The lowest BCUT2D eigenvalue weighted by Gasteiger charge is -2.22. The summed E-state index contributed by atoms with van der Waals surface area (Å²) in [6.45, 7) is 2.14. The number of aromatic nitrogens is 1. The van der Waals surface area contributed by atoms with Crippen LogP contribution in [0.2, 0.25) is 5.02 Å². The molecule has 0 bridgehead atoms. The van der Waals surface area contributed by atoms with Gasteiger partial charge in [-0.15, -0.1) is 0 Å². The largest absolute Gasteiger partial charge is 0.496 e. The second-order valence-electron chi connectivity index (χ2n) is 5.42. The molecule has 4 heteroatoms. The molecule has 2 heterocycles. The zero-order valence-corrected chi connectivity index (χ0v) is 13.2. The van der Waals surface area contributed by atoms with Crippen LogP contribution in [0.1, 0.15) is 23.6 Å². The molecule has 0 saturated heterocycles. The molecule has 2 aromatic rings. The summed E-state index contributed by atoms with van der Waals surface area (Å²) < 4.78 is 5.51. The van der Waals surface area contributed by atoms with Crippen LogP contribution >= 0.6 is 11.6 Å². The third kappa shape index (κ3) is 1.75. The van der Waals surface area contributed by atoms with Gasteiger partial charge in [-0.05, 0) is 36.1 Å². The van der Waals surface area contributed by atoms with E-state index in [2.05, 4.69) is 18.0 Å². The number of hydrogen-bond donors (Lipinski definition) is 0. The van der Waals surface area contributed by atoms with E-state index in [1.165, 1.54) is 11.1 Å². The summed E-state index contributed by atoms with van der Waals surface area (Å²) in [5.74, 6) is 0.866. The topological polar surface area (TPSA) is 34.5 Å². The minimum absolute atomic E-state index is 0.719. The standard InChI is InChI=1S/C18H15ClN2O/c1-3-10-11-4-5-15-18(12-9-20-7-6-14(12)21-15)17(11)13(19)8-16(10)22-2/h5-9H,3-4H2,1-2H3. The molecule has 1 aromatic heterocycles. The van der Waals surface area contributed by atoms with Crippen molar-refractivity contribution in [3.05, 3.63) is 68.6 Å². The minimum Gasteiger partial charge on any atom is -0.496 e. The molecule has 0 N–H and O–H groups in total. The van der Waals surface area contributed by atoms with E-state index in [1.807, 2.05) is 18.3 Å². The summed E-state index contributed by atoms with van der Waals surface area (Å²) in [5, 5.41) is 2.74. The molecule has 0 amide bonds. The van der Waals surface area contributed by atoms with Gasteiger partial charge in [-0.25, -0.2) is 4.99 Å². The minimum atomic E-state index is 0.719. The van der Waals surface area contributed by atoms with E-state index >= 15 is 0 Å². The first-order valence-electron chi connectivity index (χ1n) is 7.36. The van der Waals surface area contributed by atoms with Gasteiger partial charge in [0, 0.05) is 28.7 Å². The molecule has 0 spiro atoms. The Morgan fingerprint density at radius 2 is 2.23 bits per heavy atom. The Labute approximate surface area is 133 Å². The first kappa shape index (κ1) is 13.5. The van der Waals surface area contributed by atoms with E-state index in [1.54, 1.807) is 13.3 Å². The quantitative estimate of drug-likeness (QED) is 0.854. The van der Waals surface area contributed by atoms with Crippen LogP contribution in [0.5, 0.6) is 5.75 Å². The highest BCUT2D eigenvalue weighted by atomic mass is 35.5. The van der Waals surface area contributed by atoms with Crippen molar-refractivity contribution >= 4 is 17.2 Å². The average molecular weight is 311 g/mol. The first-order valence-corrected chi connectivity index (χ1v) is 7.74. The highest BCUT2D eigenvalue weighted by Crippen LogP contribution is 2.41. The van der Waals surface area contributed by atoms with Crippen molar-refractivity contribution in [1.82, 2.24) is 4.98 Å². The highest BCUT2D eigenvalue weighted by molar-refractivity contribution is 6.33. The van der Waals surface area contributed by atoms with E-state index in [9.17, 15) is 0 Å². The summed E-state index contributed by atoms with van der Waals surface area (Å²) in [4.78, 5) is 8.96. The maximum Gasteiger partial charge on any atom is 0.123 e. The lowest BCUT2D eigenvalue weighted by Crippen LogP contribution is -2.24. The predicted octanol–water partition coefficient (Wildman–Crippen LogP) is 2.58. The zero-order valence-electron chi connectivity index (χ0n) is 12.5. The van der Waals surface area contributed by atoms with Gasteiger partial charge in [-0.3, -0.25) is 4.98 Å². The second kappa shape index (κ2) is 4.96. The van der Waals surface area contributed by atoms with Gasteiger partial charge in [-0.2, -0.15) is 0 Å². The molecule has 0 unspecified atom stereocenters. The average Bonchev–Trinajstić information content (AvgIpc) is 2.93. The number of halogens is 1. The summed E-state index contributed by atoms with van der Waals surface area (Å²) in [7, 11) is 1.69. The molecule has 0 radical (unpaired) electrons. The molecule has 1 aliphatic heterocycles. The number of benzene rings is 1. The number of nitrogens with zero attached hydrogens (tertiary/aromatic N) is 2. The van der Waals surface area contributed by atoms with Gasteiger partial charge in [0.05, 0.1) is 23.2 Å². The molecule has 22 heavy (non-hydrogen) atoms. The number of fused-ring (bicyclic) bond motifs is 4. The molecule has 4 rings (SSSR count). The third-order valence-electron chi connectivity index (χ3n) is 4.35. The molecular weight excluding hydrogens is 296 g/mol. The van der Waals surface area contributed by atoms with Crippen molar-refractivity contribution in [3.8, 4) is 5.75 Å². The van der Waals surface area contributed by atoms with E-state index in [-0.39, 0.29) is 0 Å². The maximum atomic E-state index is 6.60. The summed E-state index contributed by atoms with van der Waals surface area (Å²) in [6.07, 6.45) is 7.56. The van der Waals surface area contributed by atoms with Crippen molar-refractivity contribution in [1.29, 1.82) is 0 Å². The Hall–Kier alpha value is -2.13. The van der Waals surface area contributed by atoms with E-state index in [4.69, 9.17) is 21.3 Å². The van der Waals surface area contributed by atoms with Crippen LogP contribution < -0.4 is 15.3 Å². The number of methoxy groups -OCH3 is 1. The van der Waals surface area contributed by atoms with Gasteiger partial charge >= 0.3 is 0 Å². The summed E-state index contributed by atoms with van der Waals surface area (Å²) in [6, 6.07) is 3.86. The first-order chi connectivity index (χ1) is 10.7. The Balaban J connectivity index is 2.13. The lowest BCUT2D eigenvalue weighted by atomic mass is 9.85. The molecule has 0 atom stereocenters. The van der Waals surface area contributed by atoms with Crippen LogP contribution in [-0.4, -0.2) is 12.1 Å². The summed E-state index contributed by atoms with van der Waals surface area (Å²) in [5.41, 5.74) is 5.67. The second-order valence-corrected chi connectivity index (χ2v) is 5.83. The number of hydrogen-bond acceptors (Lipinski definition) is 3. The van der Waals surface area contributed by atoms with Gasteiger partial charge in [0.2, 0.25) is 0 Å². The number of ether oxygens (including phenoxy) is 1. The predicted molar refractivity (Wildman–Crippen MR) is 86.7 cm³/mol. The van der Waals surface area contributed by atoms with Gasteiger partial charge in [0.15, 0.2) is 0 Å². The van der Waals surface area contributed by atoms with Crippen LogP contribution in [0.25, 0.3) is 5.57 Å². The zero-order chi connectivity index (χ0) is 15.3. The normalized spacial score (nSPS) is 14.7. The molecule has 0 saturated carbocycles. The Bertz CT molecular complexity index is 944. The van der Waals surface area contributed by atoms with Gasteiger partial charge in [0.25, 0.3) is 0 Å². The van der Waals surface area contributed by atoms with Gasteiger partial charge in [0.1, 0.15) is 5.75 Å². The molecule has 3 nitrogen and oxygen atoms in total.